The molecule has 2 unspecified atom stereocenters. The van der Waals surface area contributed by atoms with Crippen LogP contribution < -0.4 is 9.59 Å². The number of hydrogen-bond donors (Lipinski definition) is 3. The molecule has 0 radical (unpaired) electrons. The van der Waals surface area contributed by atoms with Gasteiger partial charge in [-0.15, -0.1) is 0 Å². The van der Waals surface area contributed by atoms with Crippen LogP contribution in [0.4, 0.5) is 5.69 Å². The zero-order valence-electron chi connectivity index (χ0n) is 19.6. The van der Waals surface area contributed by atoms with E-state index < -0.39 is 24.1 Å². The van der Waals surface area contributed by atoms with E-state index in [1.54, 1.807) is 0 Å². The summed E-state index contributed by atoms with van der Waals surface area (Å²) in [6.45, 7) is 1.19. The number of quaternary nitrogens is 1. The first-order valence-electron chi connectivity index (χ1n) is 11.3. The number of benzene rings is 3. The summed E-state index contributed by atoms with van der Waals surface area (Å²) in [4.78, 5) is 19.4. The second-order valence-electron chi connectivity index (χ2n) is 8.74. The van der Waals surface area contributed by atoms with Crippen LogP contribution in [0.1, 0.15) is 24.8 Å². The molecule has 3 rings (SSSR count). The van der Waals surface area contributed by atoms with E-state index in [-0.39, 0.29) is 0 Å². The summed E-state index contributed by atoms with van der Waals surface area (Å²) in [5, 5.41) is 36.9. The summed E-state index contributed by atoms with van der Waals surface area (Å²) in [7, 11) is 4.61. The van der Waals surface area contributed by atoms with Gasteiger partial charge in [-0.05, 0) is 54.2 Å². The number of aryl methyl sites for hydroxylation is 1. The van der Waals surface area contributed by atoms with Gasteiger partial charge in [-0.25, -0.2) is 4.79 Å². The molecule has 34 heavy (non-hydrogen) atoms. The Balaban J connectivity index is 0.000000347. The molecule has 7 nitrogen and oxygen atoms in total. The molecular formula is C27H33NO6. The summed E-state index contributed by atoms with van der Waals surface area (Å²) in [5.41, 5.74) is 2.89. The smallest absolute Gasteiger partial charge is 0.335 e. The molecule has 0 heterocycles. The van der Waals surface area contributed by atoms with Crippen molar-refractivity contribution in [3.8, 4) is 0 Å². The largest absolute Gasteiger partial charge is 0.547 e. The molecule has 3 N–H and O–H groups in total. The van der Waals surface area contributed by atoms with E-state index in [1.807, 2.05) is 0 Å². The zero-order chi connectivity index (χ0) is 25.1. The van der Waals surface area contributed by atoms with Gasteiger partial charge in [0.15, 0.2) is 6.10 Å². The van der Waals surface area contributed by atoms with Crippen molar-refractivity contribution in [1.82, 2.24) is 4.48 Å². The minimum absolute atomic E-state index is 0.967. The Hall–Kier alpha value is -3.26. The van der Waals surface area contributed by atoms with E-state index in [0.717, 1.165) is 4.48 Å². The number of carbonyl (C=O) groups is 2. The van der Waals surface area contributed by atoms with Crippen LogP contribution in [0.5, 0.6) is 0 Å². The molecule has 0 saturated carbocycles. The van der Waals surface area contributed by atoms with Crippen molar-refractivity contribution in [1.29, 1.82) is 0 Å². The summed E-state index contributed by atoms with van der Waals surface area (Å²) in [5.74, 6) is -3.83. The molecule has 0 amide bonds. The molecule has 0 saturated heterocycles. The zero-order valence-corrected chi connectivity index (χ0v) is 19.6. The molecule has 0 aliphatic carbocycles. The maximum Gasteiger partial charge on any atom is 0.335 e. The number of rotatable bonds is 10. The van der Waals surface area contributed by atoms with Crippen LogP contribution in [-0.2, 0) is 16.0 Å². The van der Waals surface area contributed by atoms with Crippen molar-refractivity contribution >= 4 is 28.4 Å². The Kier molecular flexibility index (Phi) is 10.2. The van der Waals surface area contributed by atoms with Crippen molar-refractivity contribution in [2.45, 2.75) is 37.9 Å². The minimum Gasteiger partial charge on any atom is -0.547 e. The SMILES string of the molecule is C[N+](C)(CCCCCc1cccc2ccccc12)c1ccccc1.O=C([O-])C(O)C(O)C(=O)O. The lowest BCUT2D eigenvalue weighted by molar-refractivity contribution is -0.318. The van der Waals surface area contributed by atoms with Crippen LogP contribution in [0.25, 0.3) is 10.8 Å². The van der Waals surface area contributed by atoms with E-state index in [4.69, 9.17) is 15.3 Å². The molecule has 182 valence electrons. The summed E-state index contributed by atoms with van der Waals surface area (Å²) >= 11 is 0. The number of carboxylic acid groups (broad SMARTS) is 2. The van der Waals surface area contributed by atoms with Gasteiger partial charge in [0.1, 0.15) is 11.8 Å². The molecule has 0 fully saturated rings. The van der Waals surface area contributed by atoms with E-state index in [1.165, 1.54) is 54.3 Å². The Morgan fingerprint density at radius 3 is 2.06 bits per heavy atom. The van der Waals surface area contributed by atoms with Crippen molar-refractivity contribution in [2.75, 3.05) is 20.6 Å². The molecule has 0 bridgehead atoms. The number of fused-ring (bicyclic) bond motifs is 1. The second kappa shape index (κ2) is 12.8. The number of carbonyl (C=O) groups excluding carboxylic acids is 1. The minimum atomic E-state index is -2.38. The number of nitrogens with zero attached hydrogens (tertiary/aromatic N) is 1. The molecule has 7 heteroatoms. The first-order chi connectivity index (χ1) is 16.1. The van der Waals surface area contributed by atoms with Gasteiger partial charge in [-0.2, -0.15) is 0 Å². The monoisotopic (exact) mass is 467 g/mol. The highest BCUT2D eigenvalue weighted by atomic mass is 16.4. The summed E-state index contributed by atoms with van der Waals surface area (Å²) in [6, 6.07) is 26.2. The molecule has 2 atom stereocenters. The van der Waals surface area contributed by atoms with Gasteiger partial charge in [0.05, 0.1) is 26.6 Å². The fraction of sp³-hybridized carbons (Fsp3) is 0.333. The Labute approximate surface area is 200 Å². The summed E-state index contributed by atoms with van der Waals surface area (Å²) in [6.07, 6.45) is 0.301. The van der Waals surface area contributed by atoms with E-state index in [2.05, 4.69) is 86.9 Å². The Morgan fingerprint density at radius 1 is 0.824 bits per heavy atom. The van der Waals surface area contributed by atoms with Gasteiger partial charge < -0.3 is 25.2 Å². The third-order valence-corrected chi connectivity index (χ3v) is 5.79. The molecule has 0 aliphatic rings. The molecule has 3 aromatic rings. The Bertz CT molecular complexity index is 1040. The van der Waals surface area contributed by atoms with Crippen LogP contribution in [0.3, 0.4) is 0 Å². The number of aliphatic hydroxyl groups is 2. The van der Waals surface area contributed by atoms with Gasteiger partial charge >= 0.3 is 5.97 Å². The van der Waals surface area contributed by atoms with E-state index >= 15 is 0 Å². The average Bonchev–Trinajstić information content (AvgIpc) is 2.83. The molecule has 3 aromatic carbocycles. The molecule has 0 aromatic heterocycles. The van der Waals surface area contributed by atoms with Gasteiger partial charge in [-0.1, -0.05) is 60.7 Å². The fourth-order valence-corrected chi connectivity index (χ4v) is 3.73. The second-order valence-corrected chi connectivity index (χ2v) is 8.74. The topological polar surface area (TPSA) is 118 Å². The first kappa shape index (κ1) is 27.0. The van der Waals surface area contributed by atoms with Gasteiger partial charge in [-0.3, -0.25) is 4.48 Å². The van der Waals surface area contributed by atoms with E-state index in [0.29, 0.717) is 0 Å². The Morgan fingerprint density at radius 2 is 1.44 bits per heavy atom. The van der Waals surface area contributed by atoms with Gasteiger partial charge in [0.2, 0.25) is 0 Å². The summed E-state index contributed by atoms with van der Waals surface area (Å²) < 4.78 is 0.967. The lowest BCUT2D eigenvalue weighted by atomic mass is 9.99. The molecular weight excluding hydrogens is 434 g/mol. The van der Waals surface area contributed by atoms with Crippen molar-refractivity contribution in [3.05, 3.63) is 78.4 Å². The number of hydrogen-bond acceptors (Lipinski definition) is 5. The van der Waals surface area contributed by atoms with Crippen molar-refractivity contribution in [3.63, 3.8) is 0 Å². The highest BCUT2D eigenvalue weighted by molar-refractivity contribution is 5.85. The lowest BCUT2D eigenvalue weighted by Crippen LogP contribution is -2.46. The van der Waals surface area contributed by atoms with Crippen molar-refractivity contribution in [2.24, 2.45) is 0 Å². The highest BCUT2D eigenvalue weighted by Crippen LogP contribution is 2.22. The third-order valence-electron chi connectivity index (χ3n) is 5.79. The number of aliphatic carboxylic acids is 2. The molecule has 0 aliphatic heterocycles. The van der Waals surface area contributed by atoms with Crippen LogP contribution in [0.15, 0.2) is 72.8 Å². The van der Waals surface area contributed by atoms with E-state index in [9.17, 15) is 14.7 Å². The average molecular weight is 468 g/mol. The van der Waals surface area contributed by atoms with Crippen molar-refractivity contribution < 1.29 is 30.0 Å². The third kappa shape index (κ3) is 7.95. The maximum absolute atomic E-state index is 9.74. The van der Waals surface area contributed by atoms with Crippen LogP contribution in [-0.4, -0.2) is 60.1 Å². The number of para-hydroxylation sites is 1. The lowest BCUT2D eigenvalue weighted by Gasteiger charge is -2.29. The van der Waals surface area contributed by atoms with Crippen LogP contribution in [0.2, 0.25) is 0 Å². The first-order valence-corrected chi connectivity index (χ1v) is 11.3. The number of aliphatic hydroxyl groups excluding tert-OH is 2. The fourth-order valence-electron chi connectivity index (χ4n) is 3.73. The standard InChI is InChI=1S/C23H28N.C4H6O6/c1-24(2,22-16-6-3-7-17-22)19-10-4-5-12-20-14-11-15-21-13-8-9-18-23(20)21;5-1(3(7)8)2(6)4(9)10/h3,6-9,11,13-18H,4-5,10,12,19H2,1-2H3;1-2,5-6H,(H,7,8)(H,9,10)/q+1;/p-1. The molecule has 0 spiro atoms. The number of unbranched alkanes of at least 4 members (excludes halogenated alkanes) is 2. The predicted molar refractivity (Wildman–Crippen MR) is 131 cm³/mol. The van der Waals surface area contributed by atoms with Gasteiger partial charge in [0, 0.05) is 0 Å². The predicted octanol–water partition coefficient (Wildman–Crippen LogP) is 2.36. The maximum atomic E-state index is 9.74. The van der Waals surface area contributed by atoms with Crippen LogP contribution in [0, 0.1) is 0 Å². The van der Waals surface area contributed by atoms with Gasteiger partial charge in [0.25, 0.3) is 0 Å². The highest BCUT2D eigenvalue weighted by Gasteiger charge is 2.24. The quantitative estimate of drug-likeness (QED) is 0.311. The normalized spacial score (nSPS) is 12.9. The number of carboxylic acids is 2. The van der Waals surface area contributed by atoms with Crippen LogP contribution >= 0.6 is 0 Å².